The Morgan fingerprint density at radius 2 is 1.94 bits per heavy atom. The van der Waals surface area contributed by atoms with Gasteiger partial charge in [-0.3, -0.25) is 0 Å². The quantitative estimate of drug-likeness (QED) is 0.514. The number of hydrogen-bond donors (Lipinski definition) is 0. The van der Waals surface area contributed by atoms with Gasteiger partial charge < -0.3 is 23.7 Å². The van der Waals surface area contributed by atoms with Gasteiger partial charge in [-0.15, -0.1) is 0 Å². The average Bonchev–Trinajstić information content (AvgIpc) is 3.16. The van der Waals surface area contributed by atoms with Crippen LogP contribution in [0.4, 0.5) is 4.79 Å². The van der Waals surface area contributed by atoms with Crippen molar-refractivity contribution in [3.63, 3.8) is 0 Å². The smallest absolute Gasteiger partial charge is 0.489 e. The Morgan fingerprint density at radius 1 is 1.19 bits per heavy atom. The average molecular weight is 423 g/mol. The Labute approximate surface area is 184 Å². The number of nitrogens with zero attached hydrogens (tertiary/aromatic N) is 1. The Morgan fingerprint density at radius 3 is 2.65 bits per heavy atom. The molecule has 1 aromatic rings. The van der Waals surface area contributed by atoms with Crippen molar-refractivity contribution in [2.24, 2.45) is 5.92 Å². The third-order valence-corrected chi connectivity index (χ3v) is 8.79. The number of likely N-dealkylation sites (tertiary alicyclic amines) is 1. The van der Waals surface area contributed by atoms with Crippen molar-refractivity contribution < 1.29 is 23.6 Å². The molecule has 164 valence electrons. The molecule has 3 heterocycles. The highest BCUT2D eigenvalue weighted by Crippen LogP contribution is 2.60. The maximum Gasteiger partial charge on any atom is 0.498 e. The molecule has 2 fully saturated rings. The minimum absolute atomic E-state index is 0.0856. The van der Waals surface area contributed by atoms with E-state index in [1.54, 1.807) is 0 Å². The summed E-state index contributed by atoms with van der Waals surface area (Å²) in [6.07, 6.45) is 6.98. The van der Waals surface area contributed by atoms with Gasteiger partial charge in [0.05, 0.1) is 18.3 Å². The highest BCUT2D eigenvalue weighted by Gasteiger charge is 2.64. The fraction of sp³-hybridized carbons (Fsp3) is 0.625. The normalized spacial score (nSPS) is 35.6. The van der Waals surface area contributed by atoms with Crippen molar-refractivity contribution in [1.82, 2.24) is 4.90 Å². The summed E-state index contributed by atoms with van der Waals surface area (Å²) in [5.41, 5.74) is 2.72. The molecule has 0 saturated carbocycles. The van der Waals surface area contributed by atoms with Crippen LogP contribution in [0.15, 0.2) is 24.3 Å². The van der Waals surface area contributed by atoms with Gasteiger partial charge in [0.25, 0.3) is 0 Å². The molecule has 2 saturated heterocycles. The van der Waals surface area contributed by atoms with Crippen LogP contribution in [0.2, 0.25) is 0 Å². The predicted molar refractivity (Wildman–Crippen MR) is 117 cm³/mol. The number of methoxy groups -OCH3 is 1. The largest absolute Gasteiger partial charge is 0.498 e. The molecule has 4 atom stereocenters. The molecule has 31 heavy (non-hydrogen) atoms. The molecule has 6 rings (SSSR count). The molecule has 2 bridgehead atoms. The lowest BCUT2D eigenvalue weighted by Crippen LogP contribution is -2.64. The van der Waals surface area contributed by atoms with Crippen LogP contribution in [0, 0.1) is 5.92 Å². The van der Waals surface area contributed by atoms with Crippen molar-refractivity contribution in [2.75, 3.05) is 13.7 Å². The lowest BCUT2D eigenvalue weighted by molar-refractivity contribution is -0.00634. The van der Waals surface area contributed by atoms with Crippen molar-refractivity contribution in [2.45, 2.75) is 75.7 Å². The minimum atomic E-state index is -0.443. The van der Waals surface area contributed by atoms with Crippen LogP contribution in [0.5, 0.6) is 5.75 Å². The number of benzene rings is 1. The van der Waals surface area contributed by atoms with Gasteiger partial charge in [-0.05, 0) is 46.1 Å². The fourth-order valence-corrected chi connectivity index (χ4v) is 6.57. The molecule has 7 heteroatoms. The predicted octanol–water partition coefficient (Wildman–Crippen LogP) is 2.96. The van der Waals surface area contributed by atoms with E-state index in [1.165, 1.54) is 18.2 Å². The molecule has 0 N–H and O–H groups in total. The maximum absolute atomic E-state index is 12.5. The first-order valence-corrected chi connectivity index (χ1v) is 11.4. The Bertz CT molecular complexity index is 988. The number of amides is 1. The van der Waals surface area contributed by atoms with Gasteiger partial charge in [0, 0.05) is 41.4 Å². The van der Waals surface area contributed by atoms with Crippen molar-refractivity contribution >= 4 is 18.7 Å². The third-order valence-electron chi connectivity index (χ3n) is 8.79. The van der Waals surface area contributed by atoms with Gasteiger partial charge in [-0.1, -0.05) is 24.3 Å². The summed E-state index contributed by atoms with van der Waals surface area (Å²) in [6.45, 7) is 9.02. The number of carbonyl (C=O) groups is 1. The minimum Gasteiger partial charge on any atom is -0.489 e. The van der Waals surface area contributed by atoms with Crippen LogP contribution in [0.1, 0.15) is 51.7 Å². The van der Waals surface area contributed by atoms with Crippen LogP contribution < -0.4 is 10.2 Å². The fourth-order valence-electron chi connectivity index (χ4n) is 6.57. The highest BCUT2D eigenvalue weighted by atomic mass is 16.7. The van der Waals surface area contributed by atoms with Gasteiger partial charge in [0.2, 0.25) is 0 Å². The van der Waals surface area contributed by atoms with Crippen molar-refractivity contribution in [3.05, 3.63) is 35.4 Å². The monoisotopic (exact) mass is 423 g/mol. The number of carbonyl (C=O) groups excluding carboxylic acids is 1. The second kappa shape index (κ2) is 6.07. The molecule has 1 aromatic carbocycles. The number of hydrogen-bond acceptors (Lipinski definition) is 5. The van der Waals surface area contributed by atoms with E-state index in [4.69, 9.17) is 18.8 Å². The number of rotatable bonds is 1. The Hall–Kier alpha value is -1.99. The van der Waals surface area contributed by atoms with Crippen LogP contribution in [-0.2, 0) is 25.9 Å². The molecule has 2 unspecified atom stereocenters. The molecule has 5 aliphatic rings. The summed E-state index contributed by atoms with van der Waals surface area (Å²) < 4.78 is 24.6. The molecule has 1 amide bonds. The van der Waals surface area contributed by atoms with Gasteiger partial charge in [-0.2, -0.15) is 0 Å². The van der Waals surface area contributed by atoms with E-state index >= 15 is 0 Å². The standard InChI is InChI=1S/C24H30BNO5/c1-22(2)23(3,4)31-25(30-22)16-10-9-14-13-17-15-7-6-8-18-24(15,19(14)20(16)29-18)11-12-26(17)21(27)28-5/h6-7,9-10,15,17-18H,8,11-13H2,1-5H3/t15?,17?,18-,24+/m0/s1. The van der Waals surface area contributed by atoms with Gasteiger partial charge in [0.1, 0.15) is 11.9 Å². The molecular formula is C24H30BNO5. The van der Waals surface area contributed by atoms with E-state index in [9.17, 15) is 4.79 Å². The first kappa shape index (κ1) is 19.7. The van der Waals surface area contributed by atoms with E-state index in [0.717, 1.165) is 30.5 Å². The van der Waals surface area contributed by atoms with E-state index in [1.807, 2.05) is 4.90 Å². The molecular weight excluding hydrogens is 393 g/mol. The lowest BCUT2D eigenvalue weighted by atomic mass is 9.53. The second-order valence-electron chi connectivity index (χ2n) is 10.6. The SMILES string of the molecule is COC(=O)N1CC[C@]23c4c5ccc(B6OC(C)(C)C(C)(C)O6)c4O[C@H]2CC=CC3C1C5. The third kappa shape index (κ3) is 2.34. The summed E-state index contributed by atoms with van der Waals surface area (Å²) in [7, 11) is 1.03. The van der Waals surface area contributed by atoms with Crippen LogP contribution >= 0.6 is 0 Å². The van der Waals surface area contributed by atoms with Crippen LogP contribution in [-0.4, -0.2) is 55.1 Å². The number of ether oxygens (including phenoxy) is 2. The van der Waals surface area contributed by atoms with E-state index < -0.39 is 18.3 Å². The number of piperidine rings is 1. The Balaban J connectivity index is 1.48. The summed E-state index contributed by atoms with van der Waals surface area (Å²) >= 11 is 0. The first-order chi connectivity index (χ1) is 14.7. The summed E-state index contributed by atoms with van der Waals surface area (Å²) in [6, 6.07) is 4.41. The summed E-state index contributed by atoms with van der Waals surface area (Å²) in [5, 5.41) is 0. The van der Waals surface area contributed by atoms with Gasteiger partial charge in [0.15, 0.2) is 0 Å². The summed E-state index contributed by atoms with van der Waals surface area (Å²) in [4.78, 5) is 14.4. The van der Waals surface area contributed by atoms with Crippen molar-refractivity contribution in [3.8, 4) is 5.75 Å². The van der Waals surface area contributed by atoms with Gasteiger partial charge in [-0.25, -0.2) is 4.79 Å². The molecule has 2 aliphatic carbocycles. The second-order valence-corrected chi connectivity index (χ2v) is 10.6. The molecule has 0 radical (unpaired) electrons. The zero-order chi connectivity index (χ0) is 21.8. The maximum atomic E-state index is 12.5. The molecule has 6 nitrogen and oxygen atoms in total. The van der Waals surface area contributed by atoms with Crippen LogP contribution in [0.25, 0.3) is 0 Å². The lowest BCUT2D eigenvalue weighted by Gasteiger charge is -2.56. The topological polar surface area (TPSA) is 57.2 Å². The summed E-state index contributed by atoms with van der Waals surface area (Å²) in [5.74, 6) is 1.20. The molecule has 0 aromatic heterocycles. The zero-order valence-corrected chi connectivity index (χ0v) is 18.9. The van der Waals surface area contributed by atoms with E-state index in [-0.39, 0.29) is 29.6 Å². The van der Waals surface area contributed by atoms with Crippen LogP contribution in [0.3, 0.4) is 0 Å². The van der Waals surface area contributed by atoms with E-state index in [2.05, 4.69) is 52.0 Å². The first-order valence-electron chi connectivity index (χ1n) is 11.4. The molecule has 3 aliphatic heterocycles. The molecule has 1 spiro atoms. The Kier molecular flexibility index (Phi) is 3.86. The van der Waals surface area contributed by atoms with E-state index in [0.29, 0.717) is 6.54 Å². The van der Waals surface area contributed by atoms with Gasteiger partial charge >= 0.3 is 13.2 Å². The van der Waals surface area contributed by atoms with Crippen molar-refractivity contribution in [1.29, 1.82) is 0 Å². The highest BCUT2D eigenvalue weighted by molar-refractivity contribution is 6.63. The zero-order valence-electron chi connectivity index (χ0n) is 18.9.